The molecule has 0 radical (unpaired) electrons. The number of nitrogens with zero attached hydrogens (tertiary/aromatic N) is 2. The normalized spacial score (nSPS) is 17.4. The summed E-state index contributed by atoms with van der Waals surface area (Å²) in [6.07, 6.45) is 9.10. The van der Waals surface area contributed by atoms with Crippen molar-refractivity contribution < 1.29 is 19.1 Å². The smallest absolute Gasteiger partial charge is 0.192 e. The molecule has 4 rings (SSSR count). The highest BCUT2D eigenvalue weighted by Gasteiger charge is 2.47. The third kappa shape index (κ3) is 7.65. The lowest BCUT2D eigenvalue weighted by molar-refractivity contribution is -0.118. The van der Waals surface area contributed by atoms with E-state index < -0.39 is 8.32 Å². The van der Waals surface area contributed by atoms with Crippen LogP contribution in [0.25, 0.3) is 0 Å². The van der Waals surface area contributed by atoms with E-state index in [2.05, 4.69) is 56.0 Å². The number of aliphatic hydroxyl groups is 1. The number of Topliss-reactive ketones (excluding diaryl/α,β-unsaturated/α-hetero) is 2. The average Bonchev–Trinajstić information content (AvgIpc) is 3.75. The summed E-state index contributed by atoms with van der Waals surface area (Å²) < 4.78 is 6.23. The van der Waals surface area contributed by atoms with Crippen molar-refractivity contribution in [3.63, 3.8) is 0 Å². The number of carbonyl (C=O) groups excluding carboxylic acids is 2. The largest absolute Gasteiger partial charge is 0.413 e. The molecule has 0 spiro atoms. The van der Waals surface area contributed by atoms with Gasteiger partial charge in [0.2, 0.25) is 0 Å². The molecule has 0 aliphatic heterocycles. The van der Waals surface area contributed by atoms with Crippen molar-refractivity contribution in [2.45, 2.75) is 115 Å². The Morgan fingerprint density at radius 2 is 1.30 bits per heavy atom. The first-order valence-corrected chi connectivity index (χ1v) is 16.3. The summed E-state index contributed by atoms with van der Waals surface area (Å²) in [4.78, 5) is 31.5. The van der Waals surface area contributed by atoms with E-state index in [0.29, 0.717) is 19.4 Å². The summed E-state index contributed by atoms with van der Waals surface area (Å²) in [5, 5.41) is 9.12. The molecule has 202 valence electrons. The van der Waals surface area contributed by atoms with Crippen LogP contribution in [0.5, 0.6) is 0 Å². The molecule has 0 atom stereocenters. The van der Waals surface area contributed by atoms with E-state index in [1.165, 1.54) is 0 Å². The Morgan fingerprint density at radius 1 is 0.865 bits per heavy atom. The fourth-order valence-corrected chi connectivity index (χ4v) is 5.40. The third-order valence-corrected chi connectivity index (χ3v) is 12.7. The topological polar surface area (TPSA) is 89.4 Å². The first kappa shape index (κ1) is 29.3. The van der Waals surface area contributed by atoms with E-state index in [1.807, 2.05) is 18.3 Å². The van der Waals surface area contributed by atoms with Crippen molar-refractivity contribution in [3.8, 4) is 0 Å². The monoisotopic (exact) mass is 524 g/mol. The quantitative estimate of drug-likeness (QED) is 0.372. The van der Waals surface area contributed by atoms with Crippen LogP contribution in [0.1, 0.15) is 95.7 Å². The van der Waals surface area contributed by atoms with Gasteiger partial charge in [0.15, 0.2) is 8.32 Å². The molecule has 2 heterocycles. The van der Waals surface area contributed by atoms with Crippen molar-refractivity contribution in [2.24, 2.45) is 0 Å². The predicted molar refractivity (Wildman–Crippen MR) is 149 cm³/mol. The number of hydrogen-bond acceptors (Lipinski definition) is 6. The van der Waals surface area contributed by atoms with Gasteiger partial charge in [0.05, 0.1) is 13.2 Å². The van der Waals surface area contributed by atoms with Crippen molar-refractivity contribution in [1.29, 1.82) is 0 Å². The van der Waals surface area contributed by atoms with Gasteiger partial charge in [-0.25, -0.2) is 0 Å². The van der Waals surface area contributed by atoms with E-state index >= 15 is 0 Å². The van der Waals surface area contributed by atoms with Crippen LogP contribution in [0, 0.1) is 0 Å². The molecule has 2 saturated carbocycles. The molecule has 1 N–H and O–H groups in total. The first-order valence-electron chi connectivity index (χ1n) is 13.4. The molecule has 37 heavy (non-hydrogen) atoms. The molecule has 2 aromatic heterocycles. The Hall–Kier alpha value is -2.22. The molecule has 0 bridgehead atoms. The van der Waals surface area contributed by atoms with Gasteiger partial charge in [-0.15, -0.1) is 0 Å². The van der Waals surface area contributed by atoms with Gasteiger partial charge in [0, 0.05) is 47.5 Å². The molecule has 2 aliphatic rings. The number of aliphatic hydroxyl groups excluding tert-OH is 1. The van der Waals surface area contributed by atoms with Crippen LogP contribution in [0.3, 0.4) is 0 Å². The zero-order chi connectivity index (χ0) is 27.5. The average molecular weight is 525 g/mol. The molecule has 0 amide bonds. The van der Waals surface area contributed by atoms with Gasteiger partial charge in [0.25, 0.3) is 0 Å². The predicted octanol–water partition coefficient (Wildman–Crippen LogP) is 6.20. The van der Waals surface area contributed by atoms with Gasteiger partial charge in [-0.05, 0) is 80.9 Å². The van der Waals surface area contributed by atoms with E-state index in [0.717, 1.165) is 48.2 Å². The van der Waals surface area contributed by atoms with E-state index in [1.54, 1.807) is 20.0 Å². The summed E-state index contributed by atoms with van der Waals surface area (Å²) in [6, 6.07) is 8.00. The Bertz CT molecular complexity index is 1080. The van der Waals surface area contributed by atoms with Crippen molar-refractivity contribution in [2.75, 3.05) is 0 Å². The Kier molecular flexibility index (Phi) is 8.92. The molecule has 2 aliphatic carbocycles. The summed E-state index contributed by atoms with van der Waals surface area (Å²) >= 11 is 0. The first-order chi connectivity index (χ1) is 17.2. The fraction of sp³-hybridized carbons (Fsp3) is 0.600. The summed E-state index contributed by atoms with van der Waals surface area (Å²) in [6.45, 7) is 15.2. The minimum atomic E-state index is -1.72. The van der Waals surface area contributed by atoms with Crippen LogP contribution in [-0.2, 0) is 38.1 Å². The molecule has 0 saturated heterocycles. The lowest BCUT2D eigenvalue weighted by atomic mass is 9.95. The summed E-state index contributed by atoms with van der Waals surface area (Å²) in [7, 11) is -1.72. The van der Waals surface area contributed by atoms with Gasteiger partial charge in [-0.2, -0.15) is 0 Å². The van der Waals surface area contributed by atoms with E-state index in [-0.39, 0.29) is 34.0 Å². The number of hydrogen-bond donors (Lipinski definition) is 1. The molecular weight excluding hydrogens is 480 g/mol. The SMILES string of the molecule is CC(=O)CC1(c2ccc(CO)cn2)CC1.CC(=O)CC1(c2ccc(CO[Si](C)(C)C(C)(C)C)cn2)CC1. The molecule has 2 fully saturated rings. The lowest BCUT2D eigenvalue weighted by Crippen LogP contribution is -2.40. The van der Waals surface area contributed by atoms with Crippen LogP contribution >= 0.6 is 0 Å². The minimum Gasteiger partial charge on any atom is -0.413 e. The maximum Gasteiger partial charge on any atom is 0.192 e. The number of carbonyl (C=O) groups is 2. The van der Waals surface area contributed by atoms with Crippen LogP contribution in [-0.4, -0.2) is 35.0 Å². The Morgan fingerprint density at radius 3 is 1.59 bits per heavy atom. The standard InChI is InChI=1S/C18H29NO2Si.C12H15NO2/c1-14(20)11-18(9-10-18)16-8-7-15(12-19-16)13-21-22(5,6)17(2,3)4;1-9(15)6-12(4-5-12)11-3-2-10(8-14)7-13-11/h7-8,12H,9-11,13H2,1-6H3;2-3,7,14H,4-6,8H2,1H3. The minimum absolute atomic E-state index is 0.0137. The van der Waals surface area contributed by atoms with Gasteiger partial charge in [-0.1, -0.05) is 32.9 Å². The Balaban J connectivity index is 0.000000220. The second-order valence-electron chi connectivity index (χ2n) is 12.6. The molecule has 0 aromatic carbocycles. The van der Waals surface area contributed by atoms with Crippen molar-refractivity contribution in [1.82, 2.24) is 9.97 Å². The summed E-state index contributed by atoms with van der Waals surface area (Å²) in [5.74, 6) is 0.477. The van der Waals surface area contributed by atoms with E-state index in [4.69, 9.17) is 9.53 Å². The number of aromatic nitrogens is 2. The van der Waals surface area contributed by atoms with Gasteiger partial charge in [0.1, 0.15) is 11.6 Å². The molecular formula is C30H44N2O4Si. The molecule has 6 nitrogen and oxygen atoms in total. The van der Waals surface area contributed by atoms with Crippen molar-refractivity contribution >= 4 is 19.9 Å². The highest BCUT2D eigenvalue weighted by atomic mass is 28.4. The highest BCUT2D eigenvalue weighted by molar-refractivity contribution is 6.74. The van der Waals surface area contributed by atoms with Crippen LogP contribution in [0.4, 0.5) is 0 Å². The Labute approximate surface area is 223 Å². The second-order valence-corrected chi connectivity index (χ2v) is 17.4. The van der Waals surface area contributed by atoms with E-state index in [9.17, 15) is 9.59 Å². The number of rotatable bonds is 10. The van der Waals surface area contributed by atoms with Gasteiger partial charge in [-0.3, -0.25) is 19.6 Å². The molecule has 7 heteroatoms. The van der Waals surface area contributed by atoms with Gasteiger partial charge >= 0.3 is 0 Å². The van der Waals surface area contributed by atoms with Crippen LogP contribution < -0.4 is 0 Å². The summed E-state index contributed by atoms with van der Waals surface area (Å²) in [5.41, 5.74) is 4.04. The number of ketones is 2. The zero-order valence-corrected chi connectivity index (χ0v) is 24.7. The van der Waals surface area contributed by atoms with Crippen LogP contribution in [0.2, 0.25) is 18.1 Å². The zero-order valence-electron chi connectivity index (χ0n) is 23.7. The second kappa shape index (κ2) is 11.3. The van der Waals surface area contributed by atoms with Crippen LogP contribution in [0.15, 0.2) is 36.7 Å². The number of pyridine rings is 2. The maximum atomic E-state index is 11.4. The fourth-order valence-electron chi connectivity index (χ4n) is 4.44. The van der Waals surface area contributed by atoms with Crippen molar-refractivity contribution in [3.05, 3.63) is 59.2 Å². The molecule has 0 unspecified atom stereocenters. The lowest BCUT2D eigenvalue weighted by Gasteiger charge is -2.36. The van der Waals surface area contributed by atoms with Gasteiger partial charge < -0.3 is 9.53 Å². The maximum absolute atomic E-state index is 11.4. The highest BCUT2D eigenvalue weighted by Crippen LogP contribution is 2.51. The molecule has 2 aromatic rings. The third-order valence-electron chi connectivity index (χ3n) is 8.21.